The number of carbonyl (C=O) groups excluding carboxylic acids is 1. The van der Waals surface area contributed by atoms with E-state index in [1.807, 2.05) is 0 Å². The number of amides is 2. The molecule has 24 heavy (non-hydrogen) atoms. The van der Waals surface area contributed by atoms with E-state index in [2.05, 4.69) is 39.8 Å². The van der Waals surface area contributed by atoms with E-state index in [0.29, 0.717) is 12.6 Å². The van der Waals surface area contributed by atoms with Crippen molar-refractivity contribution in [2.75, 3.05) is 26.3 Å². The molecule has 1 aromatic carbocycles. The highest BCUT2D eigenvalue weighted by molar-refractivity contribution is 5.74. The van der Waals surface area contributed by atoms with Crippen LogP contribution in [0.3, 0.4) is 0 Å². The van der Waals surface area contributed by atoms with Crippen molar-refractivity contribution in [2.24, 2.45) is 0 Å². The van der Waals surface area contributed by atoms with Crippen LogP contribution in [0.4, 0.5) is 4.79 Å². The van der Waals surface area contributed by atoms with Crippen molar-refractivity contribution in [1.82, 2.24) is 15.5 Å². The summed E-state index contributed by atoms with van der Waals surface area (Å²) < 4.78 is 5.38. The topological polar surface area (TPSA) is 53.6 Å². The molecule has 1 aliphatic heterocycles. The first-order valence-electron chi connectivity index (χ1n) is 9.22. The molecule has 5 nitrogen and oxygen atoms in total. The second-order valence-corrected chi connectivity index (χ2v) is 6.87. The monoisotopic (exact) mass is 331 g/mol. The molecule has 1 saturated heterocycles. The molecule has 2 N–H and O–H groups in total. The summed E-state index contributed by atoms with van der Waals surface area (Å²) >= 11 is 0. The van der Waals surface area contributed by atoms with E-state index in [1.165, 1.54) is 24.8 Å². The molecular weight excluding hydrogens is 302 g/mol. The molecule has 0 unspecified atom stereocenters. The van der Waals surface area contributed by atoms with Crippen molar-refractivity contribution in [3.8, 4) is 0 Å². The quantitative estimate of drug-likeness (QED) is 0.872. The Labute approximate surface area is 144 Å². The zero-order valence-electron chi connectivity index (χ0n) is 14.4. The number of hydrogen-bond acceptors (Lipinski definition) is 3. The number of carbonyl (C=O) groups is 1. The number of benzene rings is 1. The Bertz CT molecular complexity index is 506. The number of morpholine rings is 1. The highest BCUT2D eigenvalue weighted by Crippen LogP contribution is 2.17. The first-order chi connectivity index (χ1) is 11.8. The predicted octanol–water partition coefficient (Wildman–Crippen LogP) is 2.65. The smallest absolute Gasteiger partial charge is 0.315 e. The Morgan fingerprint density at radius 3 is 2.42 bits per heavy atom. The zero-order valence-corrected chi connectivity index (χ0v) is 14.4. The van der Waals surface area contributed by atoms with Crippen LogP contribution in [0, 0.1) is 0 Å². The maximum atomic E-state index is 12.0. The van der Waals surface area contributed by atoms with E-state index in [0.717, 1.165) is 51.3 Å². The van der Waals surface area contributed by atoms with Crippen LogP contribution in [-0.4, -0.2) is 43.3 Å². The molecule has 0 atom stereocenters. The lowest BCUT2D eigenvalue weighted by Gasteiger charge is -2.26. The van der Waals surface area contributed by atoms with Gasteiger partial charge in [-0.2, -0.15) is 0 Å². The van der Waals surface area contributed by atoms with Gasteiger partial charge in [0.15, 0.2) is 0 Å². The van der Waals surface area contributed by atoms with E-state index in [1.54, 1.807) is 0 Å². The molecule has 0 aromatic heterocycles. The Morgan fingerprint density at radius 1 is 1.04 bits per heavy atom. The summed E-state index contributed by atoms with van der Waals surface area (Å²) in [5.41, 5.74) is 2.45. The lowest BCUT2D eigenvalue weighted by atomic mass is 9.96. The number of rotatable bonds is 5. The maximum Gasteiger partial charge on any atom is 0.315 e. The fourth-order valence-corrected chi connectivity index (χ4v) is 3.45. The van der Waals surface area contributed by atoms with E-state index >= 15 is 0 Å². The largest absolute Gasteiger partial charge is 0.379 e. The maximum absolute atomic E-state index is 12.0. The molecular formula is C19H29N3O2. The van der Waals surface area contributed by atoms with Crippen LogP contribution in [0.1, 0.15) is 43.2 Å². The molecule has 2 amide bonds. The first-order valence-corrected chi connectivity index (χ1v) is 9.22. The van der Waals surface area contributed by atoms with Gasteiger partial charge in [0.1, 0.15) is 0 Å². The minimum atomic E-state index is -0.0423. The van der Waals surface area contributed by atoms with Gasteiger partial charge in [-0.05, 0) is 24.0 Å². The first kappa shape index (κ1) is 17.2. The number of ether oxygens (including phenoxy) is 1. The average Bonchev–Trinajstić information content (AvgIpc) is 2.63. The molecule has 0 bridgehead atoms. The van der Waals surface area contributed by atoms with Crippen molar-refractivity contribution in [3.63, 3.8) is 0 Å². The zero-order chi connectivity index (χ0) is 16.6. The van der Waals surface area contributed by atoms with Crippen LogP contribution in [-0.2, 0) is 17.8 Å². The Hall–Kier alpha value is -1.59. The summed E-state index contributed by atoms with van der Waals surface area (Å²) in [5.74, 6) is 0. The third-order valence-corrected chi connectivity index (χ3v) is 4.93. The molecule has 1 aromatic rings. The fourth-order valence-electron chi connectivity index (χ4n) is 3.45. The molecule has 1 heterocycles. The molecule has 3 rings (SSSR count). The minimum absolute atomic E-state index is 0.0423. The van der Waals surface area contributed by atoms with Crippen LogP contribution in [0.2, 0.25) is 0 Å². The van der Waals surface area contributed by atoms with Crippen molar-refractivity contribution in [3.05, 3.63) is 35.4 Å². The predicted molar refractivity (Wildman–Crippen MR) is 94.8 cm³/mol. The highest BCUT2D eigenvalue weighted by atomic mass is 16.5. The second-order valence-electron chi connectivity index (χ2n) is 6.87. The number of urea groups is 1. The van der Waals surface area contributed by atoms with Gasteiger partial charge < -0.3 is 15.4 Å². The van der Waals surface area contributed by atoms with E-state index in [-0.39, 0.29) is 6.03 Å². The second kappa shape index (κ2) is 9.04. The Kier molecular flexibility index (Phi) is 6.49. The van der Waals surface area contributed by atoms with Crippen molar-refractivity contribution < 1.29 is 9.53 Å². The van der Waals surface area contributed by atoms with E-state index < -0.39 is 0 Å². The van der Waals surface area contributed by atoms with Gasteiger partial charge in [0.05, 0.1) is 13.2 Å². The molecule has 5 heteroatoms. The normalized spacial score (nSPS) is 19.8. The molecule has 1 saturated carbocycles. The Balaban J connectivity index is 1.39. The van der Waals surface area contributed by atoms with E-state index in [4.69, 9.17) is 4.74 Å². The van der Waals surface area contributed by atoms with Gasteiger partial charge in [-0.25, -0.2) is 4.79 Å². The average molecular weight is 331 g/mol. The highest BCUT2D eigenvalue weighted by Gasteiger charge is 2.15. The molecule has 132 valence electrons. The van der Waals surface area contributed by atoms with E-state index in [9.17, 15) is 4.79 Å². The van der Waals surface area contributed by atoms with Crippen molar-refractivity contribution >= 4 is 6.03 Å². The standard InChI is InChI=1S/C19H29N3O2/c23-19(21-18-4-2-1-3-5-18)20-14-16-6-8-17(9-7-16)15-22-10-12-24-13-11-22/h6-9,18H,1-5,10-15H2,(H2,20,21,23). The summed E-state index contributed by atoms with van der Waals surface area (Å²) in [6.45, 7) is 5.22. The van der Waals surface area contributed by atoms with Gasteiger partial charge >= 0.3 is 6.03 Å². The van der Waals surface area contributed by atoms with Gasteiger partial charge in [-0.15, -0.1) is 0 Å². The molecule has 0 radical (unpaired) electrons. The van der Waals surface area contributed by atoms with Crippen LogP contribution in [0.15, 0.2) is 24.3 Å². The summed E-state index contributed by atoms with van der Waals surface area (Å²) in [5, 5.41) is 6.06. The van der Waals surface area contributed by atoms with Gasteiger partial charge in [0, 0.05) is 32.2 Å². The van der Waals surface area contributed by atoms with Gasteiger partial charge in [0.2, 0.25) is 0 Å². The summed E-state index contributed by atoms with van der Waals surface area (Å²) in [6.07, 6.45) is 6.00. The SMILES string of the molecule is O=C(NCc1ccc(CN2CCOCC2)cc1)NC1CCCCC1. The van der Waals surface area contributed by atoms with Crippen molar-refractivity contribution in [2.45, 2.75) is 51.2 Å². The lowest BCUT2D eigenvalue weighted by Crippen LogP contribution is -2.42. The summed E-state index contributed by atoms with van der Waals surface area (Å²) in [7, 11) is 0. The van der Waals surface area contributed by atoms with Crippen LogP contribution in [0.25, 0.3) is 0 Å². The van der Waals surface area contributed by atoms with Gasteiger partial charge in [-0.3, -0.25) is 4.90 Å². The molecule has 1 aliphatic carbocycles. The fraction of sp³-hybridized carbons (Fsp3) is 0.632. The number of nitrogens with one attached hydrogen (secondary N) is 2. The number of hydrogen-bond donors (Lipinski definition) is 2. The van der Waals surface area contributed by atoms with Crippen molar-refractivity contribution in [1.29, 1.82) is 0 Å². The van der Waals surface area contributed by atoms with Crippen LogP contribution in [0.5, 0.6) is 0 Å². The Morgan fingerprint density at radius 2 is 1.71 bits per heavy atom. The third kappa shape index (κ3) is 5.49. The number of nitrogens with zero attached hydrogens (tertiary/aromatic N) is 1. The molecule has 2 aliphatic rings. The molecule has 2 fully saturated rings. The summed E-state index contributed by atoms with van der Waals surface area (Å²) in [6, 6.07) is 8.85. The lowest BCUT2D eigenvalue weighted by molar-refractivity contribution is 0.0342. The minimum Gasteiger partial charge on any atom is -0.379 e. The molecule has 0 spiro atoms. The van der Waals surface area contributed by atoms with Gasteiger partial charge in [0.25, 0.3) is 0 Å². The third-order valence-electron chi connectivity index (χ3n) is 4.93. The van der Waals surface area contributed by atoms with Gasteiger partial charge in [-0.1, -0.05) is 43.5 Å². The van der Waals surface area contributed by atoms with Crippen LogP contribution >= 0.6 is 0 Å². The summed E-state index contributed by atoms with van der Waals surface area (Å²) in [4.78, 5) is 14.4. The van der Waals surface area contributed by atoms with Crippen LogP contribution < -0.4 is 10.6 Å².